The largest absolute Gasteiger partial charge is 0.436 e. The van der Waals surface area contributed by atoms with Crippen LogP contribution in [0.4, 0.5) is 0 Å². The zero-order chi connectivity index (χ0) is 28.6. The molecule has 0 aromatic carbocycles. The van der Waals surface area contributed by atoms with Gasteiger partial charge in [0.2, 0.25) is 0 Å². The van der Waals surface area contributed by atoms with E-state index in [4.69, 9.17) is 16.5 Å². The molecule has 37 heavy (non-hydrogen) atoms. The first-order valence-corrected chi connectivity index (χ1v) is 27.7. The van der Waals surface area contributed by atoms with E-state index >= 15 is 0 Å². The monoisotopic (exact) mass is 606 g/mol. The van der Waals surface area contributed by atoms with Crippen LogP contribution in [0.25, 0.3) is 0 Å². The second-order valence-corrected chi connectivity index (χ2v) is 32.7. The van der Waals surface area contributed by atoms with Crippen LogP contribution in [0, 0.1) is 0 Å². The number of hydrogen-bond donors (Lipinski definition) is 0. The molecule has 0 spiro atoms. The first-order chi connectivity index (χ1) is 17.6. The summed E-state index contributed by atoms with van der Waals surface area (Å²) in [5, 5.41) is 0. The lowest BCUT2D eigenvalue weighted by Crippen LogP contribution is -2.64. The van der Waals surface area contributed by atoms with E-state index in [1.165, 1.54) is 49.1 Å². The molecule has 222 valence electrons. The van der Waals surface area contributed by atoms with Crippen LogP contribution in [0.3, 0.4) is 0 Å². The van der Waals surface area contributed by atoms with Gasteiger partial charge in [0.25, 0.3) is 0 Å². The summed E-state index contributed by atoms with van der Waals surface area (Å²) in [7, 11) is -11.0. The summed E-state index contributed by atoms with van der Waals surface area (Å²) in [4.78, 5) is 0. The van der Waals surface area contributed by atoms with Gasteiger partial charge in [-0.1, -0.05) is 95.1 Å². The van der Waals surface area contributed by atoms with Gasteiger partial charge in [0.05, 0.1) is 0 Å². The van der Waals surface area contributed by atoms with Crippen LogP contribution in [0.5, 0.6) is 0 Å². The van der Waals surface area contributed by atoms with Gasteiger partial charge in [0.15, 0.2) is 16.6 Å². The molecule has 0 saturated heterocycles. The molecule has 0 aliphatic rings. The Balaban J connectivity index is 6.31. The summed E-state index contributed by atoms with van der Waals surface area (Å²) in [6, 6.07) is 13.1. The first kappa shape index (κ1) is 37.7. The van der Waals surface area contributed by atoms with Crippen LogP contribution < -0.4 is 0 Å². The van der Waals surface area contributed by atoms with Gasteiger partial charge in [-0.2, -0.15) is 0 Å². The predicted molar refractivity (Wildman–Crippen MR) is 177 cm³/mol. The molecule has 0 atom stereocenters. The Morgan fingerprint density at radius 1 is 0.432 bits per heavy atom. The normalized spacial score (nSPS) is 13.8. The molecular formula is C28H66O4Si5. The van der Waals surface area contributed by atoms with E-state index in [-0.39, 0.29) is 0 Å². The summed E-state index contributed by atoms with van der Waals surface area (Å²) < 4.78 is 29.8. The standard InChI is InChI=1S/C28H66O4Si5/c1-13-25-26-27-28-34(17-5,18-6)30-36(21-9,22-10)32-37(23-11,24-12)31-35(19-7,20-8)29-33(14-2,15-3)16-4/h13H,1,14-28H2,2-12H3. The zero-order valence-electron chi connectivity index (χ0n) is 27.0. The van der Waals surface area contributed by atoms with Crippen molar-refractivity contribution in [1.82, 2.24) is 0 Å². The smallest absolute Gasteiger partial charge is 0.320 e. The fourth-order valence-electron chi connectivity index (χ4n) is 5.65. The number of allylic oxidation sites excluding steroid dienone is 1. The number of unbranched alkanes of at least 4 members (excludes halogenated alkanes) is 2. The summed E-state index contributed by atoms with van der Waals surface area (Å²) in [5.74, 6) is 0. The van der Waals surface area contributed by atoms with Gasteiger partial charge in [-0.25, -0.2) is 0 Å². The summed E-state index contributed by atoms with van der Waals surface area (Å²) >= 11 is 0. The van der Waals surface area contributed by atoms with Gasteiger partial charge < -0.3 is 16.5 Å². The molecule has 0 aromatic rings. The van der Waals surface area contributed by atoms with E-state index in [1.54, 1.807) is 0 Å². The van der Waals surface area contributed by atoms with E-state index in [2.05, 4.69) is 88.8 Å². The summed E-state index contributed by atoms with van der Waals surface area (Å²) in [6.45, 7) is 29.5. The second kappa shape index (κ2) is 18.2. The van der Waals surface area contributed by atoms with Crippen molar-refractivity contribution in [3.05, 3.63) is 12.7 Å². The predicted octanol–water partition coefficient (Wildman–Crippen LogP) is 10.8. The lowest BCUT2D eigenvalue weighted by atomic mass is 10.2. The maximum atomic E-state index is 7.51. The maximum Gasteiger partial charge on any atom is 0.320 e. The Bertz CT molecular complexity index is 591. The van der Waals surface area contributed by atoms with E-state index in [1.807, 2.05) is 0 Å². The highest BCUT2D eigenvalue weighted by Gasteiger charge is 2.54. The molecule has 9 heteroatoms. The van der Waals surface area contributed by atoms with Crippen LogP contribution in [-0.2, 0) is 16.5 Å². The molecule has 0 heterocycles. The average molecular weight is 607 g/mol. The minimum absolute atomic E-state index is 0.977. The van der Waals surface area contributed by atoms with Crippen LogP contribution in [-0.4, -0.2) is 42.3 Å². The number of hydrogen-bond acceptors (Lipinski definition) is 4. The van der Waals surface area contributed by atoms with Crippen molar-refractivity contribution < 1.29 is 16.5 Å². The van der Waals surface area contributed by atoms with Gasteiger partial charge in [0, 0.05) is 0 Å². The highest BCUT2D eigenvalue weighted by molar-refractivity contribution is 6.92. The first-order valence-electron chi connectivity index (χ1n) is 16.0. The van der Waals surface area contributed by atoms with Gasteiger partial charge in [-0.3, -0.25) is 0 Å². The van der Waals surface area contributed by atoms with Gasteiger partial charge >= 0.3 is 25.7 Å². The fourth-order valence-corrected chi connectivity index (χ4v) is 34.3. The molecule has 0 amide bonds. The van der Waals surface area contributed by atoms with Gasteiger partial charge in [-0.15, -0.1) is 6.58 Å². The van der Waals surface area contributed by atoms with E-state index in [0.717, 1.165) is 42.7 Å². The second-order valence-electron chi connectivity index (χ2n) is 10.9. The van der Waals surface area contributed by atoms with Crippen molar-refractivity contribution in [2.75, 3.05) is 0 Å². The molecule has 0 fully saturated rings. The highest BCUT2D eigenvalue weighted by atomic mass is 28.5. The van der Waals surface area contributed by atoms with E-state index in [9.17, 15) is 0 Å². The number of rotatable bonds is 24. The van der Waals surface area contributed by atoms with E-state index < -0.39 is 42.3 Å². The van der Waals surface area contributed by atoms with Crippen molar-refractivity contribution in [3.8, 4) is 0 Å². The quantitative estimate of drug-likeness (QED) is 0.0622. The maximum absolute atomic E-state index is 7.51. The lowest BCUT2D eigenvalue weighted by molar-refractivity contribution is 0.270. The molecule has 0 aliphatic carbocycles. The summed E-state index contributed by atoms with van der Waals surface area (Å²) in [6.07, 6.45) is 5.62. The zero-order valence-corrected chi connectivity index (χ0v) is 32.0. The molecular weight excluding hydrogens is 541 g/mol. The minimum Gasteiger partial charge on any atom is -0.436 e. The van der Waals surface area contributed by atoms with Crippen LogP contribution in [0.15, 0.2) is 12.7 Å². The third-order valence-electron chi connectivity index (χ3n) is 9.29. The molecule has 0 radical (unpaired) electrons. The Labute approximate surface area is 238 Å². The van der Waals surface area contributed by atoms with Crippen molar-refractivity contribution in [2.24, 2.45) is 0 Å². The van der Waals surface area contributed by atoms with Gasteiger partial charge in [0.1, 0.15) is 0 Å². The third kappa shape index (κ3) is 10.5. The molecule has 0 saturated carbocycles. The SMILES string of the molecule is C=CCCCC[Si](CC)(CC)O[Si](CC)(CC)O[Si](CC)(CC)O[Si](CC)(CC)O[Si](CC)(CC)CC. The fraction of sp³-hybridized carbons (Fsp3) is 0.929. The minimum atomic E-state index is -2.50. The Kier molecular flexibility index (Phi) is 18.5. The Hall–Kier alpha value is 0.664. The molecule has 0 aliphatic heterocycles. The summed E-state index contributed by atoms with van der Waals surface area (Å²) in [5.41, 5.74) is 0. The Morgan fingerprint density at radius 3 is 1.05 bits per heavy atom. The van der Waals surface area contributed by atoms with Crippen LogP contribution in [0.1, 0.15) is 95.4 Å². The molecule has 0 aromatic heterocycles. The third-order valence-corrected chi connectivity index (χ3v) is 35.9. The Morgan fingerprint density at radius 2 is 0.757 bits per heavy atom. The topological polar surface area (TPSA) is 36.9 Å². The van der Waals surface area contributed by atoms with Crippen LogP contribution in [0.2, 0.25) is 72.5 Å². The molecule has 0 N–H and O–H groups in total. The van der Waals surface area contributed by atoms with E-state index in [0.29, 0.717) is 0 Å². The molecule has 0 unspecified atom stereocenters. The highest BCUT2D eigenvalue weighted by Crippen LogP contribution is 2.39. The van der Waals surface area contributed by atoms with Gasteiger partial charge in [-0.05, 0) is 78.9 Å². The molecule has 4 nitrogen and oxygen atoms in total. The van der Waals surface area contributed by atoms with Crippen molar-refractivity contribution in [1.29, 1.82) is 0 Å². The molecule has 0 bridgehead atoms. The van der Waals surface area contributed by atoms with Crippen LogP contribution >= 0.6 is 0 Å². The molecule has 0 rings (SSSR count). The van der Waals surface area contributed by atoms with Crippen molar-refractivity contribution in [3.63, 3.8) is 0 Å². The lowest BCUT2D eigenvalue weighted by Gasteiger charge is -2.49. The van der Waals surface area contributed by atoms with Crippen molar-refractivity contribution in [2.45, 2.75) is 168 Å². The average Bonchev–Trinajstić information content (AvgIpc) is 2.96. The van der Waals surface area contributed by atoms with Crippen molar-refractivity contribution >= 4 is 42.3 Å².